The maximum absolute atomic E-state index is 13.8. The van der Waals surface area contributed by atoms with Crippen LogP contribution in [0.2, 0.25) is 0 Å². The van der Waals surface area contributed by atoms with Crippen LogP contribution in [0, 0.1) is 5.82 Å². The second-order valence-electron chi connectivity index (χ2n) is 6.75. The van der Waals surface area contributed by atoms with Gasteiger partial charge in [-0.3, -0.25) is 0 Å². The molecule has 2 N–H and O–H groups in total. The van der Waals surface area contributed by atoms with Crippen molar-refractivity contribution in [2.24, 2.45) is 0 Å². The topological polar surface area (TPSA) is 85.1 Å². The number of benzene rings is 1. The van der Waals surface area contributed by atoms with Gasteiger partial charge in [0.15, 0.2) is 11.6 Å². The molecular formula is C19H18ClF4N5O2. The minimum Gasteiger partial charge on any atom is -0.403 e. The van der Waals surface area contributed by atoms with E-state index in [-0.39, 0.29) is 24.0 Å². The zero-order chi connectivity index (χ0) is 21.1. The number of aromatic nitrogens is 3. The van der Waals surface area contributed by atoms with Gasteiger partial charge >= 0.3 is 6.36 Å². The molecule has 0 radical (unpaired) electrons. The van der Waals surface area contributed by atoms with Crippen LogP contribution in [-0.2, 0) is 0 Å². The summed E-state index contributed by atoms with van der Waals surface area (Å²) in [5.41, 5.74) is 0.855. The molecular weight excluding hydrogens is 442 g/mol. The Morgan fingerprint density at radius 2 is 2.03 bits per heavy atom. The molecule has 0 unspecified atom stereocenters. The van der Waals surface area contributed by atoms with E-state index in [2.05, 4.69) is 30.5 Å². The fraction of sp³-hybridized carbons (Fsp3) is 0.316. The highest BCUT2D eigenvalue weighted by atomic mass is 35.5. The molecule has 2 aromatic heterocycles. The van der Waals surface area contributed by atoms with Gasteiger partial charge in [-0.05, 0) is 43.7 Å². The Kier molecular flexibility index (Phi) is 6.96. The largest absolute Gasteiger partial charge is 0.573 e. The highest BCUT2D eigenvalue weighted by Crippen LogP contribution is 2.29. The number of nitrogens with one attached hydrogen (secondary N) is 2. The standard InChI is InChI=1S/C19H17F4N5O2.ClH/c20-14-8-13(4-5-15(14)29-19(21,22)23)26-16-6-3-11(10-25-16)17-27-18(30-28-17)12-2-1-7-24-9-12;/h3-6,8,10,12,24H,1-2,7,9H2,(H,25,26);1H/t12-;/m1./s1. The molecule has 1 aliphatic rings. The van der Waals surface area contributed by atoms with Crippen molar-refractivity contribution in [3.8, 4) is 17.1 Å². The van der Waals surface area contributed by atoms with Gasteiger partial charge in [-0.1, -0.05) is 5.16 Å². The summed E-state index contributed by atoms with van der Waals surface area (Å²) in [7, 11) is 0. The van der Waals surface area contributed by atoms with Crippen LogP contribution in [0.1, 0.15) is 24.7 Å². The van der Waals surface area contributed by atoms with E-state index in [1.54, 1.807) is 12.1 Å². The molecule has 1 atom stereocenters. The lowest BCUT2D eigenvalue weighted by molar-refractivity contribution is -0.275. The molecule has 0 spiro atoms. The highest BCUT2D eigenvalue weighted by Gasteiger charge is 2.32. The van der Waals surface area contributed by atoms with Crippen molar-refractivity contribution in [1.82, 2.24) is 20.4 Å². The van der Waals surface area contributed by atoms with Crippen molar-refractivity contribution < 1.29 is 26.8 Å². The summed E-state index contributed by atoms with van der Waals surface area (Å²) in [5, 5.41) is 10.1. The Balaban J connectivity index is 0.00000272. The highest BCUT2D eigenvalue weighted by molar-refractivity contribution is 5.85. The molecule has 1 saturated heterocycles. The van der Waals surface area contributed by atoms with Crippen LogP contribution in [-0.4, -0.2) is 34.6 Å². The lowest BCUT2D eigenvalue weighted by Crippen LogP contribution is -2.28. The predicted octanol–water partition coefficient (Wildman–Crippen LogP) is 4.80. The van der Waals surface area contributed by atoms with Gasteiger partial charge in [-0.2, -0.15) is 4.98 Å². The van der Waals surface area contributed by atoms with Gasteiger partial charge in [-0.15, -0.1) is 25.6 Å². The molecule has 0 amide bonds. The summed E-state index contributed by atoms with van der Waals surface area (Å²) in [6.07, 6.45) is -1.41. The van der Waals surface area contributed by atoms with Crippen LogP contribution in [0.25, 0.3) is 11.4 Å². The molecule has 7 nitrogen and oxygen atoms in total. The number of hydrogen-bond acceptors (Lipinski definition) is 7. The Labute approximate surface area is 180 Å². The molecule has 1 aromatic carbocycles. The van der Waals surface area contributed by atoms with E-state index in [0.29, 0.717) is 23.1 Å². The Bertz CT molecular complexity index is 1010. The number of ether oxygens (including phenoxy) is 1. The molecule has 12 heteroatoms. The van der Waals surface area contributed by atoms with Crippen molar-refractivity contribution in [2.45, 2.75) is 25.1 Å². The van der Waals surface area contributed by atoms with Crippen LogP contribution >= 0.6 is 12.4 Å². The van der Waals surface area contributed by atoms with Crippen LogP contribution in [0.3, 0.4) is 0 Å². The molecule has 0 saturated carbocycles. The summed E-state index contributed by atoms with van der Waals surface area (Å²) in [6, 6.07) is 6.36. The second-order valence-corrected chi connectivity index (χ2v) is 6.75. The number of piperidine rings is 1. The monoisotopic (exact) mass is 459 g/mol. The van der Waals surface area contributed by atoms with Crippen molar-refractivity contribution >= 4 is 23.9 Å². The normalized spacial score (nSPS) is 16.5. The predicted molar refractivity (Wildman–Crippen MR) is 106 cm³/mol. The Morgan fingerprint density at radius 1 is 1.19 bits per heavy atom. The molecule has 3 heterocycles. The number of pyridine rings is 1. The smallest absolute Gasteiger partial charge is 0.403 e. The van der Waals surface area contributed by atoms with E-state index < -0.39 is 17.9 Å². The van der Waals surface area contributed by atoms with E-state index in [9.17, 15) is 17.6 Å². The van der Waals surface area contributed by atoms with Gasteiger partial charge in [0.2, 0.25) is 11.7 Å². The average Bonchev–Trinajstić information content (AvgIpc) is 3.21. The van der Waals surface area contributed by atoms with E-state index in [1.165, 1.54) is 12.3 Å². The Morgan fingerprint density at radius 3 is 2.68 bits per heavy atom. The van der Waals surface area contributed by atoms with Gasteiger partial charge in [0.1, 0.15) is 5.82 Å². The van der Waals surface area contributed by atoms with Gasteiger partial charge in [0.05, 0.1) is 5.92 Å². The van der Waals surface area contributed by atoms with Crippen molar-refractivity contribution in [3.05, 3.63) is 48.2 Å². The second kappa shape index (κ2) is 9.48. The molecule has 31 heavy (non-hydrogen) atoms. The number of alkyl halides is 3. The maximum Gasteiger partial charge on any atom is 0.573 e. The minimum absolute atomic E-state index is 0. The molecule has 0 aliphatic carbocycles. The van der Waals surface area contributed by atoms with E-state index >= 15 is 0 Å². The van der Waals surface area contributed by atoms with Gasteiger partial charge in [0, 0.05) is 30.1 Å². The molecule has 1 fully saturated rings. The van der Waals surface area contributed by atoms with Crippen LogP contribution in [0.15, 0.2) is 41.1 Å². The number of halogens is 5. The number of anilines is 2. The molecule has 3 aromatic rings. The fourth-order valence-electron chi connectivity index (χ4n) is 3.11. The zero-order valence-corrected chi connectivity index (χ0v) is 16.8. The van der Waals surface area contributed by atoms with E-state index in [0.717, 1.165) is 38.1 Å². The molecule has 0 bridgehead atoms. The van der Waals surface area contributed by atoms with E-state index in [1.807, 2.05) is 0 Å². The summed E-state index contributed by atoms with van der Waals surface area (Å²) < 4.78 is 59.4. The molecule has 4 rings (SSSR count). The summed E-state index contributed by atoms with van der Waals surface area (Å²) in [5.74, 6) is -0.510. The summed E-state index contributed by atoms with van der Waals surface area (Å²) >= 11 is 0. The third-order valence-electron chi connectivity index (χ3n) is 4.54. The third-order valence-corrected chi connectivity index (χ3v) is 4.54. The first-order chi connectivity index (χ1) is 14.4. The lowest BCUT2D eigenvalue weighted by Gasteiger charge is -2.18. The summed E-state index contributed by atoms with van der Waals surface area (Å²) in [6.45, 7) is 1.78. The van der Waals surface area contributed by atoms with Crippen molar-refractivity contribution in [1.29, 1.82) is 0 Å². The van der Waals surface area contributed by atoms with Crippen molar-refractivity contribution in [3.63, 3.8) is 0 Å². The first-order valence-electron chi connectivity index (χ1n) is 9.20. The SMILES string of the molecule is Cl.Fc1cc(Nc2ccc(-c3noc([C@@H]4CCCNC4)n3)cn2)ccc1OC(F)(F)F. The number of rotatable bonds is 5. The lowest BCUT2D eigenvalue weighted by atomic mass is 10.00. The van der Waals surface area contributed by atoms with Crippen LogP contribution in [0.5, 0.6) is 5.75 Å². The number of nitrogens with zero attached hydrogens (tertiary/aromatic N) is 3. The summed E-state index contributed by atoms with van der Waals surface area (Å²) in [4.78, 5) is 8.64. The van der Waals surface area contributed by atoms with E-state index in [4.69, 9.17) is 4.52 Å². The fourth-order valence-corrected chi connectivity index (χ4v) is 3.11. The maximum atomic E-state index is 13.8. The van der Waals surface area contributed by atoms with Crippen LogP contribution in [0.4, 0.5) is 29.1 Å². The zero-order valence-electron chi connectivity index (χ0n) is 15.9. The van der Waals surface area contributed by atoms with Gasteiger partial charge in [0.25, 0.3) is 0 Å². The molecule has 166 valence electrons. The Hall–Kier alpha value is -2.92. The third kappa shape index (κ3) is 5.82. The first-order valence-corrected chi connectivity index (χ1v) is 9.20. The average molecular weight is 460 g/mol. The number of hydrogen-bond donors (Lipinski definition) is 2. The van der Waals surface area contributed by atoms with Crippen molar-refractivity contribution in [2.75, 3.05) is 18.4 Å². The molecule has 1 aliphatic heterocycles. The van der Waals surface area contributed by atoms with Gasteiger partial charge < -0.3 is 19.9 Å². The quantitative estimate of drug-likeness (QED) is 0.530. The van der Waals surface area contributed by atoms with Crippen LogP contribution < -0.4 is 15.4 Å². The first kappa shape index (κ1) is 22.8. The van der Waals surface area contributed by atoms with Gasteiger partial charge in [-0.25, -0.2) is 9.37 Å². The minimum atomic E-state index is -4.96.